The molecule has 6 heteroatoms. The SMILES string of the molecule is CC(=O)c1cnc(N2CCC3(CCCN(C)C3=O)C2)nc1C. The summed E-state index contributed by atoms with van der Waals surface area (Å²) in [4.78, 5) is 36.8. The Morgan fingerprint density at radius 1 is 1.32 bits per heavy atom. The number of anilines is 1. The lowest BCUT2D eigenvalue weighted by Gasteiger charge is -2.37. The third-order valence-corrected chi connectivity index (χ3v) is 4.93. The van der Waals surface area contributed by atoms with Gasteiger partial charge in [-0.25, -0.2) is 9.97 Å². The van der Waals surface area contributed by atoms with Crippen molar-refractivity contribution in [3.8, 4) is 0 Å². The van der Waals surface area contributed by atoms with Gasteiger partial charge < -0.3 is 9.80 Å². The zero-order valence-corrected chi connectivity index (χ0v) is 13.4. The predicted octanol–water partition coefficient (Wildman–Crippen LogP) is 1.44. The first-order chi connectivity index (χ1) is 10.4. The molecule has 2 saturated heterocycles. The fourth-order valence-electron chi connectivity index (χ4n) is 3.64. The minimum absolute atomic E-state index is 0.0222. The van der Waals surface area contributed by atoms with Gasteiger partial charge in [0.15, 0.2) is 5.78 Å². The molecule has 1 aromatic rings. The maximum Gasteiger partial charge on any atom is 0.230 e. The Balaban J connectivity index is 1.82. The summed E-state index contributed by atoms with van der Waals surface area (Å²) in [5, 5.41) is 0. The standard InChI is InChI=1S/C16H22N4O2/c1-11-13(12(2)21)9-17-15(18-11)20-8-6-16(10-20)5-4-7-19(3)14(16)22/h9H,4-8,10H2,1-3H3. The number of piperidine rings is 1. The highest BCUT2D eigenvalue weighted by atomic mass is 16.2. The molecule has 0 saturated carbocycles. The van der Waals surface area contributed by atoms with Crippen LogP contribution in [0.1, 0.15) is 42.2 Å². The smallest absolute Gasteiger partial charge is 0.230 e. The Morgan fingerprint density at radius 3 is 2.77 bits per heavy atom. The average Bonchev–Trinajstić information content (AvgIpc) is 2.89. The molecular formula is C16H22N4O2. The fourth-order valence-corrected chi connectivity index (χ4v) is 3.64. The monoisotopic (exact) mass is 302 g/mol. The van der Waals surface area contributed by atoms with Gasteiger partial charge in [0.25, 0.3) is 0 Å². The van der Waals surface area contributed by atoms with Crippen molar-refractivity contribution in [3.05, 3.63) is 17.5 Å². The molecule has 1 unspecified atom stereocenters. The van der Waals surface area contributed by atoms with Gasteiger partial charge in [-0.15, -0.1) is 0 Å². The normalized spacial score (nSPS) is 25.1. The summed E-state index contributed by atoms with van der Waals surface area (Å²) in [6, 6.07) is 0. The first-order valence-corrected chi connectivity index (χ1v) is 7.78. The Labute approximate surface area is 130 Å². The van der Waals surface area contributed by atoms with E-state index in [1.807, 2.05) is 18.9 Å². The molecule has 2 aliphatic rings. The predicted molar refractivity (Wildman–Crippen MR) is 82.9 cm³/mol. The second-order valence-electron chi connectivity index (χ2n) is 6.51. The molecule has 1 atom stereocenters. The van der Waals surface area contributed by atoms with Crippen molar-refractivity contribution in [2.24, 2.45) is 5.41 Å². The van der Waals surface area contributed by atoms with E-state index >= 15 is 0 Å². The zero-order valence-electron chi connectivity index (χ0n) is 13.4. The summed E-state index contributed by atoms with van der Waals surface area (Å²) in [5.41, 5.74) is 0.987. The summed E-state index contributed by atoms with van der Waals surface area (Å²) in [5.74, 6) is 0.852. The Morgan fingerprint density at radius 2 is 2.09 bits per heavy atom. The number of carbonyl (C=O) groups is 2. The lowest BCUT2D eigenvalue weighted by molar-refractivity contribution is -0.143. The van der Waals surface area contributed by atoms with Crippen LogP contribution in [-0.2, 0) is 4.79 Å². The Kier molecular flexibility index (Phi) is 3.62. The van der Waals surface area contributed by atoms with Gasteiger partial charge in [0.2, 0.25) is 11.9 Å². The number of hydrogen-bond acceptors (Lipinski definition) is 5. The molecule has 0 aromatic carbocycles. The highest BCUT2D eigenvalue weighted by Crippen LogP contribution is 2.40. The van der Waals surface area contributed by atoms with E-state index < -0.39 is 0 Å². The van der Waals surface area contributed by atoms with Crippen molar-refractivity contribution >= 4 is 17.6 Å². The van der Waals surface area contributed by atoms with Crippen molar-refractivity contribution in [1.82, 2.24) is 14.9 Å². The van der Waals surface area contributed by atoms with Crippen LogP contribution in [0.25, 0.3) is 0 Å². The van der Waals surface area contributed by atoms with Crippen molar-refractivity contribution in [3.63, 3.8) is 0 Å². The van der Waals surface area contributed by atoms with Gasteiger partial charge in [0, 0.05) is 32.9 Å². The van der Waals surface area contributed by atoms with Crippen molar-refractivity contribution in [1.29, 1.82) is 0 Å². The van der Waals surface area contributed by atoms with E-state index in [9.17, 15) is 9.59 Å². The lowest BCUT2D eigenvalue weighted by Crippen LogP contribution is -2.48. The number of nitrogens with zero attached hydrogens (tertiary/aromatic N) is 4. The number of Topliss-reactive ketones (excluding diaryl/α,β-unsaturated/α-hetero) is 1. The van der Waals surface area contributed by atoms with Crippen molar-refractivity contribution in [2.45, 2.75) is 33.1 Å². The van der Waals surface area contributed by atoms with Gasteiger partial charge >= 0.3 is 0 Å². The van der Waals surface area contributed by atoms with Gasteiger partial charge in [0.05, 0.1) is 16.7 Å². The molecule has 0 bridgehead atoms. The van der Waals surface area contributed by atoms with E-state index in [1.54, 1.807) is 6.20 Å². The lowest BCUT2D eigenvalue weighted by atomic mass is 9.78. The fraction of sp³-hybridized carbons (Fsp3) is 0.625. The number of rotatable bonds is 2. The number of aryl methyl sites for hydroxylation is 1. The summed E-state index contributed by atoms with van der Waals surface area (Å²) in [6.07, 6.45) is 4.45. The van der Waals surface area contributed by atoms with Crippen LogP contribution < -0.4 is 4.90 Å². The number of hydrogen-bond donors (Lipinski definition) is 0. The number of ketones is 1. The third-order valence-electron chi connectivity index (χ3n) is 4.93. The molecule has 3 heterocycles. The Bertz CT molecular complexity index is 631. The van der Waals surface area contributed by atoms with E-state index in [4.69, 9.17) is 0 Å². The first kappa shape index (κ1) is 14.9. The molecule has 22 heavy (non-hydrogen) atoms. The summed E-state index contributed by atoms with van der Waals surface area (Å²) < 4.78 is 0. The molecule has 2 aliphatic heterocycles. The molecule has 3 rings (SSSR count). The molecule has 0 N–H and O–H groups in total. The van der Waals surface area contributed by atoms with Crippen LogP contribution in [0, 0.1) is 12.3 Å². The van der Waals surface area contributed by atoms with E-state index in [-0.39, 0.29) is 17.1 Å². The van der Waals surface area contributed by atoms with Gasteiger partial charge in [0.1, 0.15) is 0 Å². The third kappa shape index (κ3) is 2.36. The largest absolute Gasteiger partial charge is 0.345 e. The molecule has 6 nitrogen and oxygen atoms in total. The quantitative estimate of drug-likeness (QED) is 0.773. The number of amides is 1. The first-order valence-electron chi connectivity index (χ1n) is 7.78. The molecule has 118 valence electrons. The van der Waals surface area contributed by atoms with Gasteiger partial charge in [-0.2, -0.15) is 0 Å². The van der Waals surface area contributed by atoms with Crippen molar-refractivity contribution in [2.75, 3.05) is 31.6 Å². The van der Waals surface area contributed by atoms with Crippen LogP contribution >= 0.6 is 0 Å². The summed E-state index contributed by atoms with van der Waals surface area (Å²) in [7, 11) is 1.88. The van der Waals surface area contributed by atoms with Gasteiger partial charge in [-0.05, 0) is 33.1 Å². The second-order valence-corrected chi connectivity index (χ2v) is 6.51. The topological polar surface area (TPSA) is 66.4 Å². The van der Waals surface area contributed by atoms with E-state index in [1.165, 1.54) is 6.92 Å². The van der Waals surface area contributed by atoms with Crippen LogP contribution in [0.2, 0.25) is 0 Å². The molecule has 0 radical (unpaired) electrons. The van der Waals surface area contributed by atoms with E-state index in [2.05, 4.69) is 14.9 Å². The van der Waals surface area contributed by atoms with Crippen molar-refractivity contribution < 1.29 is 9.59 Å². The highest BCUT2D eigenvalue weighted by Gasteiger charge is 2.48. The minimum Gasteiger partial charge on any atom is -0.345 e. The number of carbonyl (C=O) groups excluding carboxylic acids is 2. The van der Waals surface area contributed by atoms with E-state index in [0.717, 1.165) is 32.4 Å². The van der Waals surface area contributed by atoms with Gasteiger partial charge in [-0.1, -0.05) is 0 Å². The van der Waals surface area contributed by atoms with E-state index in [0.29, 0.717) is 23.8 Å². The number of likely N-dealkylation sites (tertiary alicyclic amines) is 1. The second kappa shape index (κ2) is 5.34. The maximum atomic E-state index is 12.6. The molecular weight excluding hydrogens is 280 g/mol. The van der Waals surface area contributed by atoms with Crippen LogP contribution in [0.3, 0.4) is 0 Å². The van der Waals surface area contributed by atoms with Crippen LogP contribution in [0.5, 0.6) is 0 Å². The van der Waals surface area contributed by atoms with Crippen LogP contribution in [0.4, 0.5) is 5.95 Å². The minimum atomic E-state index is -0.274. The maximum absolute atomic E-state index is 12.6. The zero-order chi connectivity index (χ0) is 15.9. The highest BCUT2D eigenvalue weighted by molar-refractivity contribution is 5.94. The summed E-state index contributed by atoms with van der Waals surface area (Å²) >= 11 is 0. The van der Waals surface area contributed by atoms with Crippen LogP contribution in [0.15, 0.2) is 6.20 Å². The average molecular weight is 302 g/mol. The molecule has 1 amide bonds. The molecule has 2 fully saturated rings. The van der Waals surface area contributed by atoms with Gasteiger partial charge in [-0.3, -0.25) is 9.59 Å². The number of aromatic nitrogens is 2. The molecule has 1 spiro atoms. The molecule has 0 aliphatic carbocycles. The molecule has 1 aromatic heterocycles. The Hall–Kier alpha value is -1.98. The van der Waals surface area contributed by atoms with Crippen LogP contribution in [-0.4, -0.2) is 53.2 Å². The summed E-state index contributed by atoms with van der Waals surface area (Å²) in [6.45, 7) is 5.66.